The lowest BCUT2D eigenvalue weighted by molar-refractivity contribution is -0.150. The van der Waals surface area contributed by atoms with Gasteiger partial charge in [0.1, 0.15) is 12.1 Å². The standard InChI is InChI=1S/C13H22N2O4/c1-8(16)14-10(13(2,3)4)11(17)15-7-5-6-9(15)12(18)19/h9-10H,5-7H2,1-4H3,(H,14,16)(H,18,19)/t9-,10+/m0/s1. The molecular weight excluding hydrogens is 248 g/mol. The second-order valence-corrected chi connectivity index (χ2v) is 6.03. The minimum atomic E-state index is -0.985. The molecule has 1 aliphatic heterocycles. The van der Waals surface area contributed by atoms with Gasteiger partial charge in [-0.2, -0.15) is 0 Å². The number of carbonyl (C=O) groups excluding carboxylic acids is 2. The molecule has 0 radical (unpaired) electrons. The predicted octanol–water partition coefficient (Wildman–Crippen LogP) is 0.613. The van der Waals surface area contributed by atoms with Crippen LogP contribution in [0.1, 0.15) is 40.5 Å². The summed E-state index contributed by atoms with van der Waals surface area (Å²) in [6, 6.07) is -1.48. The first-order valence-electron chi connectivity index (χ1n) is 6.45. The summed E-state index contributed by atoms with van der Waals surface area (Å²) in [5, 5.41) is 11.8. The highest BCUT2D eigenvalue weighted by Crippen LogP contribution is 2.25. The molecule has 0 saturated carbocycles. The highest BCUT2D eigenvalue weighted by atomic mass is 16.4. The lowest BCUT2D eigenvalue weighted by atomic mass is 9.85. The maximum absolute atomic E-state index is 12.5. The van der Waals surface area contributed by atoms with Crippen LogP contribution in [-0.2, 0) is 14.4 Å². The highest BCUT2D eigenvalue weighted by molar-refractivity contribution is 5.91. The number of carboxylic acids is 1. The van der Waals surface area contributed by atoms with Gasteiger partial charge in [-0.1, -0.05) is 20.8 Å². The van der Waals surface area contributed by atoms with Crippen molar-refractivity contribution in [3.05, 3.63) is 0 Å². The number of hydrogen-bond donors (Lipinski definition) is 2. The molecule has 2 N–H and O–H groups in total. The Balaban J connectivity index is 2.93. The average Bonchev–Trinajstić information content (AvgIpc) is 2.71. The van der Waals surface area contributed by atoms with E-state index in [0.717, 1.165) is 0 Å². The maximum Gasteiger partial charge on any atom is 0.326 e. The van der Waals surface area contributed by atoms with Crippen molar-refractivity contribution in [1.29, 1.82) is 0 Å². The van der Waals surface area contributed by atoms with Crippen molar-refractivity contribution < 1.29 is 19.5 Å². The Morgan fingerprint density at radius 1 is 1.32 bits per heavy atom. The number of carbonyl (C=O) groups is 3. The van der Waals surface area contributed by atoms with Crippen LogP contribution in [0, 0.1) is 5.41 Å². The monoisotopic (exact) mass is 270 g/mol. The number of carboxylic acid groups (broad SMARTS) is 1. The number of hydrogen-bond acceptors (Lipinski definition) is 3. The molecule has 19 heavy (non-hydrogen) atoms. The van der Waals surface area contributed by atoms with Crippen molar-refractivity contribution in [3.63, 3.8) is 0 Å². The molecule has 2 atom stereocenters. The van der Waals surface area contributed by atoms with Gasteiger partial charge < -0.3 is 15.3 Å². The van der Waals surface area contributed by atoms with Crippen LogP contribution in [-0.4, -0.2) is 46.4 Å². The Kier molecular flexibility index (Phi) is 4.55. The third-order valence-electron chi connectivity index (χ3n) is 3.28. The summed E-state index contributed by atoms with van der Waals surface area (Å²) >= 11 is 0. The summed E-state index contributed by atoms with van der Waals surface area (Å²) in [7, 11) is 0. The second-order valence-electron chi connectivity index (χ2n) is 6.03. The zero-order chi connectivity index (χ0) is 14.8. The third-order valence-corrected chi connectivity index (χ3v) is 3.28. The van der Waals surface area contributed by atoms with E-state index in [-0.39, 0.29) is 11.8 Å². The minimum Gasteiger partial charge on any atom is -0.480 e. The van der Waals surface area contributed by atoms with Crippen LogP contribution in [0.4, 0.5) is 0 Å². The molecule has 0 aromatic rings. The van der Waals surface area contributed by atoms with E-state index in [2.05, 4.69) is 5.32 Å². The summed E-state index contributed by atoms with van der Waals surface area (Å²) < 4.78 is 0. The molecule has 0 spiro atoms. The van der Waals surface area contributed by atoms with Crippen LogP contribution in [0.2, 0.25) is 0 Å². The van der Waals surface area contributed by atoms with Gasteiger partial charge in [-0.15, -0.1) is 0 Å². The molecule has 0 bridgehead atoms. The van der Waals surface area contributed by atoms with Crippen LogP contribution < -0.4 is 5.32 Å². The normalized spacial score (nSPS) is 21.1. The van der Waals surface area contributed by atoms with E-state index in [1.807, 2.05) is 20.8 Å². The van der Waals surface area contributed by atoms with Gasteiger partial charge in [-0.05, 0) is 18.3 Å². The molecule has 1 rings (SSSR count). The molecule has 1 fully saturated rings. The van der Waals surface area contributed by atoms with E-state index < -0.39 is 23.5 Å². The molecule has 0 aromatic heterocycles. The zero-order valence-electron chi connectivity index (χ0n) is 11.9. The molecule has 0 unspecified atom stereocenters. The fourth-order valence-electron chi connectivity index (χ4n) is 2.30. The minimum absolute atomic E-state index is 0.292. The van der Waals surface area contributed by atoms with Gasteiger partial charge in [-0.3, -0.25) is 9.59 Å². The Labute approximate surface area is 113 Å². The van der Waals surface area contributed by atoms with Crippen molar-refractivity contribution in [2.45, 2.75) is 52.6 Å². The van der Waals surface area contributed by atoms with Crippen LogP contribution in [0.5, 0.6) is 0 Å². The Bertz CT molecular complexity index is 387. The fourth-order valence-corrected chi connectivity index (χ4v) is 2.30. The number of aliphatic carboxylic acids is 1. The molecule has 108 valence electrons. The summed E-state index contributed by atoms with van der Waals surface area (Å²) in [5.74, 6) is -1.59. The summed E-state index contributed by atoms with van der Waals surface area (Å²) in [5.41, 5.74) is -0.464. The Morgan fingerprint density at radius 3 is 2.32 bits per heavy atom. The third kappa shape index (κ3) is 3.68. The SMILES string of the molecule is CC(=O)N[C@H](C(=O)N1CCC[C@H]1C(=O)O)C(C)(C)C. The molecule has 2 amide bonds. The Morgan fingerprint density at radius 2 is 1.89 bits per heavy atom. The highest BCUT2D eigenvalue weighted by Gasteiger charge is 2.41. The largest absolute Gasteiger partial charge is 0.480 e. The van der Waals surface area contributed by atoms with E-state index in [0.29, 0.717) is 19.4 Å². The molecule has 6 nitrogen and oxygen atoms in total. The van der Waals surface area contributed by atoms with Crippen molar-refractivity contribution in [1.82, 2.24) is 10.2 Å². The first kappa shape index (κ1) is 15.5. The quantitative estimate of drug-likeness (QED) is 0.786. The first-order chi connectivity index (χ1) is 8.64. The molecule has 0 aliphatic carbocycles. The van der Waals surface area contributed by atoms with Crippen molar-refractivity contribution >= 4 is 17.8 Å². The smallest absolute Gasteiger partial charge is 0.326 e. The van der Waals surface area contributed by atoms with Crippen molar-refractivity contribution in [3.8, 4) is 0 Å². The van der Waals surface area contributed by atoms with Crippen LogP contribution in [0.15, 0.2) is 0 Å². The van der Waals surface area contributed by atoms with Crippen molar-refractivity contribution in [2.24, 2.45) is 5.41 Å². The number of nitrogens with zero attached hydrogens (tertiary/aromatic N) is 1. The molecule has 6 heteroatoms. The predicted molar refractivity (Wildman–Crippen MR) is 69.4 cm³/mol. The van der Waals surface area contributed by atoms with Gasteiger partial charge in [-0.25, -0.2) is 4.79 Å². The van der Waals surface area contributed by atoms with Gasteiger partial charge in [0.15, 0.2) is 0 Å². The second kappa shape index (κ2) is 5.59. The fraction of sp³-hybridized carbons (Fsp3) is 0.769. The lowest BCUT2D eigenvalue weighted by Gasteiger charge is -2.34. The number of likely N-dealkylation sites (tertiary alicyclic amines) is 1. The first-order valence-corrected chi connectivity index (χ1v) is 6.45. The number of rotatable bonds is 3. The molecule has 1 heterocycles. The van der Waals surface area contributed by atoms with Gasteiger partial charge in [0.25, 0.3) is 0 Å². The molecule has 1 aliphatic rings. The lowest BCUT2D eigenvalue weighted by Crippen LogP contribution is -2.56. The van der Waals surface area contributed by atoms with Gasteiger partial charge in [0, 0.05) is 13.5 Å². The molecular formula is C13H22N2O4. The van der Waals surface area contributed by atoms with E-state index in [1.54, 1.807) is 0 Å². The van der Waals surface area contributed by atoms with Gasteiger partial charge >= 0.3 is 5.97 Å². The topological polar surface area (TPSA) is 86.7 Å². The zero-order valence-corrected chi connectivity index (χ0v) is 11.9. The number of nitrogens with one attached hydrogen (secondary N) is 1. The average molecular weight is 270 g/mol. The van der Waals surface area contributed by atoms with E-state index in [9.17, 15) is 14.4 Å². The summed E-state index contributed by atoms with van der Waals surface area (Å²) in [6.45, 7) is 7.32. The molecule has 1 saturated heterocycles. The summed E-state index contributed by atoms with van der Waals surface area (Å²) in [6.07, 6.45) is 1.15. The van der Waals surface area contributed by atoms with E-state index in [1.165, 1.54) is 11.8 Å². The summed E-state index contributed by atoms with van der Waals surface area (Å²) in [4.78, 5) is 36.2. The van der Waals surface area contributed by atoms with Crippen LogP contribution in [0.3, 0.4) is 0 Å². The van der Waals surface area contributed by atoms with E-state index in [4.69, 9.17) is 5.11 Å². The Hall–Kier alpha value is -1.59. The van der Waals surface area contributed by atoms with Gasteiger partial charge in [0.2, 0.25) is 11.8 Å². The van der Waals surface area contributed by atoms with Gasteiger partial charge in [0.05, 0.1) is 0 Å². The molecule has 0 aromatic carbocycles. The van der Waals surface area contributed by atoms with Crippen LogP contribution in [0.25, 0.3) is 0 Å². The number of amides is 2. The van der Waals surface area contributed by atoms with E-state index >= 15 is 0 Å². The van der Waals surface area contributed by atoms with Crippen molar-refractivity contribution in [2.75, 3.05) is 6.54 Å². The maximum atomic E-state index is 12.5. The van der Waals surface area contributed by atoms with Crippen LogP contribution >= 0.6 is 0 Å².